The van der Waals surface area contributed by atoms with Gasteiger partial charge in [-0.3, -0.25) is 4.55 Å². The minimum Gasteiger partial charge on any atom is -0.507 e. The van der Waals surface area contributed by atoms with Crippen molar-refractivity contribution < 1.29 is 32.6 Å². The fourth-order valence-corrected chi connectivity index (χ4v) is 2.95. The average molecular weight is 352 g/mol. The van der Waals surface area contributed by atoms with Gasteiger partial charge in [0.05, 0.1) is 13.2 Å². The van der Waals surface area contributed by atoms with E-state index < -0.39 is 23.6 Å². The van der Waals surface area contributed by atoms with E-state index in [-0.39, 0.29) is 23.7 Å². The third-order valence-electron chi connectivity index (χ3n) is 3.77. The van der Waals surface area contributed by atoms with Crippen LogP contribution in [-0.4, -0.2) is 32.2 Å². The number of fused-ring (bicyclic) bond motifs is 1. The van der Waals surface area contributed by atoms with Crippen LogP contribution < -0.4 is 13.7 Å². The molecule has 2 aromatic carbocycles. The number of phenols is 1. The molecule has 3 atom stereocenters. The highest BCUT2D eigenvalue weighted by atomic mass is 32.2. The number of hydrogen-bond acceptors (Lipinski definition) is 6. The van der Waals surface area contributed by atoms with Gasteiger partial charge in [-0.15, -0.1) is 0 Å². The van der Waals surface area contributed by atoms with Crippen LogP contribution in [0, 0.1) is 0 Å². The lowest BCUT2D eigenvalue weighted by atomic mass is 9.94. The number of aliphatic hydroxyl groups excluding tert-OH is 1. The third kappa shape index (κ3) is 3.30. The largest absolute Gasteiger partial charge is 0.507 e. The van der Waals surface area contributed by atoms with E-state index in [1.807, 2.05) is 0 Å². The Labute approximate surface area is 140 Å². The topological polar surface area (TPSA) is 105 Å². The highest BCUT2D eigenvalue weighted by molar-refractivity contribution is 7.74. The van der Waals surface area contributed by atoms with E-state index in [0.717, 1.165) is 0 Å². The molecule has 0 radical (unpaired) electrons. The van der Waals surface area contributed by atoms with Crippen LogP contribution in [-0.2, 0) is 17.8 Å². The summed E-state index contributed by atoms with van der Waals surface area (Å²) < 4.78 is 35.2. The number of ether oxygens (including phenoxy) is 2. The second-order valence-corrected chi connectivity index (χ2v) is 5.91. The molecular formula is C16H16O7S. The van der Waals surface area contributed by atoms with Gasteiger partial charge in [0.1, 0.15) is 29.1 Å². The fourth-order valence-electron chi connectivity index (χ4n) is 2.69. The molecule has 7 nitrogen and oxygen atoms in total. The molecule has 0 bridgehead atoms. The first-order valence-corrected chi connectivity index (χ1v) is 8.15. The SMILES string of the molecule is COc1cccc(C2Oc3cc(OS(=O)O)cc(O)c3CC2O)c1. The van der Waals surface area contributed by atoms with Crippen LogP contribution >= 0.6 is 0 Å². The molecule has 2 aromatic rings. The van der Waals surface area contributed by atoms with E-state index in [4.69, 9.17) is 14.0 Å². The summed E-state index contributed by atoms with van der Waals surface area (Å²) in [6.07, 6.45) is -1.36. The van der Waals surface area contributed by atoms with Crippen LogP contribution in [0.1, 0.15) is 17.2 Å². The van der Waals surface area contributed by atoms with E-state index in [1.54, 1.807) is 31.4 Å². The van der Waals surface area contributed by atoms with Crippen molar-refractivity contribution in [1.82, 2.24) is 0 Å². The van der Waals surface area contributed by atoms with Crippen molar-refractivity contribution >= 4 is 11.4 Å². The van der Waals surface area contributed by atoms with Gasteiger partial charge in [-0.25, -0.2) is 0 Å². The third-order valence-corrected chi connectivity index (χ3v) is 4.10. The maximum absolute atomic E-state index is 10.8. The summed E-state index contributed by atoms with van der Waals surface area (Å²) in [5.41, 5.74) is 1.13. The Bertz CT molecular complexity index is 777. The van der Waals surface area contributed by atoms with Crippen LogP contribution in [0.5, 0.6) is 23.0 Å². The molecule has 0 saturated heterocycles. The number of aliphatic hydroxyl groups is 1. The zero-order valence-corrected chi connectivity index (χ0v) is 13.5. The van der Waals surface area contributed by atoms with Crippen molar-refractivity contribution in [3.63, 3.8) is 0 Å². The number of hydrogen-bond donors (Lipinski definition) is 3. The second kappa shape index (κ2) is 6.68. The highest BCUT2D eigenvalue weighted by Gasteiger charge is 2.32. The van der Waals surface area contributed by atoms with Gasteiger partial charge in [0.25, 0.3) is 0 Å². The zero-order valence-electron chi connectivity index (χ0n) is 12.7. The molecule has 128 valence electrons. The molecule has 0 fully saturated rings. The summed E-state index contributed by atoms with van der Waals surface area (Å²) in [4.78, 5) is 0. The lowest BCUT2D eigenvalue weighted by molar-refractivity contribution is 0.0198. The number of aromatic hydroxyl groups is 1. The van der Waals surface area contributed by atoms with Gasteiger partial charge in [-0.2, -0.15) is 4.21 Å². The summed E-state index contributed by atoms with van der Waals surface area (Å²) in [5.74, 6) is 0.738. The molecule has 3 unspecified atom stereocenters. The summed E-state index contributed by atoms with van der Waals surface area (Å²) >= 11 is -2.51. The Morgan fingerprint density at radius 1 is 1.25 bits per heavy atom. The van der Waals surface area contributed by atoms with Crippen molar-refractivity contribution in [2.45, 2.75) is 18.6 Å². The minimum atomic E-state index is -2.51. The molecule has 0 amide bonds. The van der Waals surface area contributed by atoms with Crippen LogP contribution in [0.2, 0.25) is 0 Å². The van der Waals surface area contributed by atoms with Crippen LogP contribution in [0.25, 0.3) is 0 Å². The molecular weight excluding hydrogens is 336 g/mol. The van der Waals surface area contributed by atoms with E-state index >= 15 is 0 Å². The molecule has 0 saturated carbocycles. The smallest absolute Gasteiger partial charge is 0.357 e. The quantitative estimate of drug-likeness (QED) is 0.722. The first kappa shape index (κ1) is 16.6. The van der Waals surface area contributed by atoms with Crippen LogP contribution in [0.3, 0.4) is 0 Å². The minimum absolute atomic E-state index is 0.00661. The normalized spacial score (nSPS) is 20.6. The molecule has 0 aromatic heterocycles. The summed E-state index contributed by atoms with van der Waals surface area (Å²) in [6.45, 7) is 0. The zero-order chi connectivity index (χ0) is 17.3. The van der Waals surface area contributed by atoms with Gasteiger partial charge < -0.3 is 23.9 Å². The maximum Gasteiger partial charge on any atom is 0.357 e. The van der Waals surface area contributed by atoms with E-state index in [0.29, 0.717) is 16.9 Å². The number of methoxy groups -OCH3 is 1. The van der Waals surface area contributed by atoms with Crippen molar-refractivity contribution in [2.24, 2.45) is 0 Å². The number of benzene rings is 2. The Morgan fingerprint density at radius 2 is 2.04 bits per heavy atom. The molecule has 0 aliphatic carbocycles. The molecule has 1 aliphatic heterocycles. The van der Waals surface area contributed by atoms with Crippen molar-refractivity contribution in [2.75, 3.05) is 7.11 Å². The first-order chi connectivity index (χ1) is 11.5. The molecule has 8 heteroatoms. The Kier molecular flexibility index (Phi) is 4.61. The van der Waals surface area contributed by atoms with Crippen molar-refractivity contribution in [3.8, 4) is 23.0 Å². The lowest BCUT2D eigenvalue weighted by Crippen LogP contribution is -2.30. The Hall–Kier alpha value is -2.29. The van der Waals surface area contributed by atoms with Gasteiger partial charge in [-0.1, -0.05) is 12.1 Å². The predicted molar refractivity (Wildman–Crippen MR) is 85.6 cm³/mol. The fraction of sp³-hybridized carbons (Fsp3) is 0.250. The van der Waals surface area contributed by atoms with Crippen molar-refractivity contribution in [1.29, 1.82) is 0 Å². The van der Waals surface area contributed by atoms with Crippen LogP contribution in [0.15, 0.2) is 36.4 Å². The van der Waals surface area contributed by atoms with Gasteiger partial charge in [0, 0.05) is 24.1 Å². The van der Waals surface area contributed by atoms with Gasteiger partial charge in [0.2, 0.25) is 0 Å². The first-order valence-electron chi connectivity index (χ1n) is 7.11. The molecule has 24 heavy (non-hydrogen) atoms. The maximum atomic E-state index is 10.8. The van der Waals surface area contributed by atoms with Gasteiger partial charge >= 0.3 is 11.4 Å². The number of phenolic OH excluding ortho intramolecular Hbond substituents is 1. The molecule has 0 spiro atoms. The Balaban J connectivity index is 1.95. The monoisotopic (exact) mass is 352 g/mol. The average Bonchev–Trinajstić information content (AvgIpc) is 2.54. The standard InChI is InChI=1S/C16H16O7S/c1-21-10-4-2-3-9(5-10)16-14(18)8-12-13(17)6-11(23-24(19)20)7-15(12)22-16/h2-7,14,16-18H,8H2,1H3,(H,19,20). The molecule has 1 aliphatic rings. The summed E-state index contributed by atoms with van der Waals surface area (Å²) in [7, 11) is 1.54. The summed E-state index contributed by atoms with van der Waals surface area (Å²) in [5, 5.41) is 20.4. The Morgan fingerprint density at radius 3 is 2.75 bits per heavy atom. The van der Waals surface area contributed by atoms with Crippen molar-refractivity contribution in [3.05, 3.63) is 47.5 Å². The lowest BCUT2D eigenvalue weighted by Gasteiger charge is -2.31. The van der Waals surface area contributed by atoms with E-state index in [2.05, 4.69) is 4.18 Å². The van der Waals surface area contributed by atoms with E-state index in [1.165, 1.54) is 12.1 Å². The van der Waals surface area contributed by atoms with E-state index in [9.17, 15) is 14.4 Å². The molecule has 3 N–H and O–H groups in total. The van der Waals surface area contributed by atoms with Gasteiger partial charge in [-0.05, 0) is 17.7 Å². The number of rotatable bonds is 4. The second-order valence-electron chi connectivity index (χ2n) is 5.31. The molecule has 3 rings (SSSR count). The van der Waals surface area contributed by atoms with Gasteiger partial charge in [0.15, 0.2) is 0 Å². The highest BCUT2D eigenvalue weighted by Crippen LogP contribution is 2.42. The predicted octanol–water partition coefficient (Wildman–Crippen LogP) is 1.95. The van der Waals surface area contributed by atoms with Crippen LogP contribution in [0.4, 0.5) is 0 Å². The molecule has 1 heterocycles. The summed E-state index contributed by atoms with van der Waals surface area (Å²) in [6, 6.07) is 9.72.